The number of hydrogen-bond donors (Lipinski definition) is 1. The van der Waals surface area contributed by atoms with Crippen LogP contribution in [0.25, 0.3) is 0 Å². The molecule has 11 heteroatoms. The van der Waals surface area contributed by atoms with Gasteiger partial charge in [0.25, 0.3) is 5.56 Å². The molecule has 1 aromatic carbocycles. The number of sulfone groups is 1. The lowest BCUT2D eigenvalue weighted by molar-refractivity contribution is 0.103. The number of halogens is 2. The molecule has 0 saturated heterocycles. The average Bonchev–Trinajstić information content (AvgIpc) is 3.36. The van der Waals surface area contributed by atoms with Gasteiger partial charge in [-0.1, -0.05) is 23.2 Å². The standard InChI is InChI=1S/C19H18Cl2N4O4S/c1-24-19(27)15(17(23-24)10-3-4-10)18(26)12-5-6-14(30(2,28)29)13(16(12)21)9-25-8-11(20)7-22-25/h5-8,10,23H,3-4,9H2,1-2H3. The smallest absolute Gasteiger partial charge is 0.277 e. The number of H-pyrrole nitrogens is 1. The summed E-state index contributed by atoms with van der Waals surface area (Å²) in [6.07, 6.45) is 5.78. The van der Waals surface area contributed by atoms with Gasteiger partial charge in [0.15, 0.2) is 9.84 Å². The van der Waals surface area contributed by atoms with Crippen molar-refractivity contribution in [1.82, 2.24) is 19.6 Å². The Kier molecular flexibility index (Phi) is 5.16. The Labute approximate surface area is 182 Å². The summed E-state index contributed by atoms with van der Waals surface area (Å²) in [5, 5.41) is 7.36. The maximum absolute atomic E-state index is 13.3. The van der Waals surface area contributed by atoms with Crippen LogP contribution in [0.5, 0.6) is 0 Å². The Balaban J connectivity index is 1.87. The van der Waals surface area contributed by atoms with Crippen molar-refractivity contribution in [1.29, 1.82) is 0 Å². The van der Waals surface area contributed by atoms with Gasteiger partial charge in [0.05, 0.1) is 33.4 Å². The second-order valence-corrected chi connectivity index (χ2v) is 10.2. The summed E-state index contributed by atoms with van der Waals surface area (Å²) in [5.41, 5.74) is 0.477. The largest absolute Gasteiger partial charge is 0.299 e. The van der Waals surface area contributed by atoms with Crippen molar-refractivity contribution in [2.45, 2.75) is 30.2 Å². The van der Waals surface area contributed by atoms with Crippen LogP contribution in [0.4, 0.5) is 0 Å². The molecular formula is C19H18Cl2N4O4S. The van der Waals surface area contributed by atoms with E-state index in [-0.39, 0.29) is 39.1 Å². The Bertz CT molecular complexity index is 1330. The SMILES string of the molecule is Cn1[nH]c(C2CC2)c(C(=O)c2ccc(S(C)(=O)=O)c(Cn3cc(Cl)cn3)c2Cl)c1=O. The van der Waals surface area contributed by atoms with Crippen LogP contribution in [0.2, 0.25) is 10.0 Å². The highest BCUT2D eigenvalue weighted by Gasteiger charge is 2.34. The molecule has 8 nitrogen and oxygen atoms in total. The molecule has 1 N–H and O–H groups in total. The van der Waals surface area contributed by atoms with Crippen LogP contribution in [0.3, 0.4) is 0 Å². The molecule has 158 valence electrons. The summed E-state index contributed by atoms with van der Waals surface area (Å²) < 4.78 is 27.3. The van der Waals surface area contributed by atoms with Gasteiger partial charge in [-0.15, -0.1) is 0 Å². The van der Waals surface area contributed by atoms with E-state index in [0.717, 1.165) is 19.1 Å². The zero-order valence-electron chi connectivity index (χ0n) is 16.1. The normalized spacial score (nSPS) is 14.3. The van der Waals surface area contributed by atoms with Crippen molar-refractivity contribution in [2.75, 3.05) is 6.26 Å². The number of hydrogen-bond acceptors (Lipinski definition) is 5. The minimum absolute atomic E-state index is 0.00426. The van der Waals surface area contributed by atoms with Gasteiger partial charge in [-0.25, -0.2) is 8.42 Å². The third kappa shape index (κ3) is 3.73. The first-order valence-electron chi connectivity index (χ1n) is 9.11. The van der Waals surface area contributed by atoms with Crippen LogP contribution in [-0.2, 0) is 23.4 Å². The molecule has 0 radical (unpaired) electrons. The quantitative estimate of drug-likeness (QED) is 0.559. The first-order chi connectivity index (χ1) is 14.1. The average molecular weight is 469 g/mol. The lowest BCUT2D eigenvalue weighted by atomic mass is 9.99. The van der Waals surface area contributed by atoms with Crippen molar-refractivity contribution in [3.63, 3.8) is 0 Å². The van der Waals surface area contributed by atoms with Gasteiger partial charge >= 0.3 is 0 Å². The second kappa shape index (κ2) is 7.40. The van der Waals surface area contributed by atoms with Crippen molar-refractivity contribution >= 4 is 38.8 Å². The van der Waals surface area contributed by atoms with Gasteiger partial charge < -0.3 is 0 Å². The number of benzene rings is 1. The molecule has 2 aromatic heterocycles. The van der Waals surface area contributed by atoms with E-state index in [1.807, 2.05) is 0 Å². The fraction of sp³-hybridized carbons (Fsp3) is 0.316. The van der Waals surface area contributed by atoms with Crippen LogP contribution in [-0.4, -0.2) is 40.0 Å². The molecule has 4 rings (SSSR count). The summed E-state index contributed by atoms with van der Waals surface area (Å²) in [6, 6.07) is 2.69. The van der Waals surface area contributed by atoms with Gasteiger partial charge in [0.1, 0.15) is 5.56 Å². The number of carbonyl (C=O) groups is 1. The molecule has 30 heavy (non-hydrogen) atoms. The lowest BCUT2D eigenvalue weighted by Crippen LogP contribution is -2.20. The highest BCUT2D eigenvalue weighted by molar-refractivity contribution is 7.90. The highest BCUT2D eigenvalue weighted by atomic mass is 35.5. The van der Waals surface area contributed by atoms with Crippen molar-refractivity contribution in [2.24, 2.45) is 7.05 Å². The van der Waals surface area contributed by atoms with E-state index in [4.69, 9.17) is 23.2 Å². The Morgan fingerprint density at radius 2 is 2.00 bits per heavy atom. The van der Waals surface area contributed by atoms with Crippen LogP contribution >= 0.6 is 23.2 Å². The number of aryl methyl sites for hydroxylation is 1. The lowest BCUT2D eigenvalue weighted by Gasteiger charge is -2.14. The maximum Gasteiger partial charge on any atom is 0.277 e. The molecule has 0 aliphatic heterocycles. The van der Waals surface area contributed by atoms with E-state index in [2.05, 4.69) is 10.2 Å². The first-order valence-corrected chi connectivity index (χ1v) is 11.8. The van der Waals surface area contributed by atoms with Crippen LogP contribution in [0, 0.1) is 0 Å². The van der Waals surface area contributed by atoms with E-state index in [0.29, 0.717) is 10.7 Å². The topological polar surface area (TPSA) is 107 Å². The van der Waals surface area contributed by atoms with Crippen LogP contribution in [0.15, 0.2) is 34.2 Å². The summed E-state index contributed by atoms with van der Waals surface area (Å²) in [4.78, 5) is 25.9. The number of nitrogens with zero attached hydrogens (tertiary/aromatic N) is 3. The van der Waals surface area contributed by atoms with Gasteiger partial charge in [0.2, 0.25) is 5.78 Å². The molecule has 0 atom stereocenters. The summed E-state index contributed by atoms with van der Waals surface area (Å²) in [6.45, 7) is -0.00426. The molecule has 0 amide bonds. The molecule has 1 aliphatic carbocycles. The van der Waals surface area contributed by atoms with E-state index >= 15 is 0 Å². The highest BCUT2D eigenvalue weighted by Crippen LogP contribution is 2.41. The predicted molar refractivity (Wildman–Crippen MR) is 112 cm³/mol. The Hall–Kier alpha value is -2.36. The number of rotatable bonds is 6. The number of nitrogens with one attached hydrogen (secondary N) is 1. The molecular weight excluding hydrogens is 451 g/mol. The first kappa shape index (κ1) is 20.9. The van der Waals surface area contributed by atoms with Crippen molar-refractivity contribution < 1.29 is 13.2 Å². The van der Waals surface area contributed by atoms with Crippen LogP contribution < -0.4 is 5.56 Å². The van der Waals surface area contributed by atoms with Crippen molar-refractivity contribution in [3.8, 4) is 0 Å². The third-order valence-corrected chi connectivity index (χ3v) is 6.86. The van der Waals surface area contributed by atoms with Crippen LogP contribution in [0.1, 0.15) is 45.9 Å². The Morgan fingerprint density at radius 3 is 2.57 bits per heavy atom. The molecule has 3 aromatic rings. The monoisotopic (exact) mass is 468 g/mol. The van der Waals surface area contributed by atoms with Gasteiger partial charge in [-0.2, -0.15) is 5.10 Å². The zero-order chi connectivity index (χ0) is 21.8. The zero-order valence-corrected chi connectivity index (χ0v) is 18.5. The summed E-state index contributed by atoms with van der Waals surface area (Å²) >= 11 is 12.5. The third-order valence-electron chi connectivity index (χ3n) is 5.05. The molecule has 1 saturated carbocycles. The van der Waals surface area contributed by atoms with E-state index in [1.54, 1.807) is 7.05 Å². The minimum Gasteiger partial charge on any atom is -0.299 e. The summed E-state index contributed by atoms with van der Waals surface area (Å²) in [7, 11) is -2.09. The predicted octanol–water partition coefficient (Wildman–Crippen LogP) is 2.78. The van der Waals surface area contributed by atoms with Gasteiger partial charge in [-0.3, -0.25) is 24.1 Å². The number of carbonyl (C=O) groups excluding carboxylic acids is 1. The second-order valence-electron chi connectivity index (χ2n) is 7.40. The molecule has 0 unspecified atom stereocenters. The molecule has 1 aliphatic rings. The molecule has 2 heterocycles. The molecule has 0 spiro atoms. The number of ketones is 1. The van der Waals surface area contributed by atoms with Gasteiger partial charge in [0, 0.05) is 36.5 Å². The van der Waals surface area contributed by atoms with Gasteiger partial charge in [-0.05, 0) is 25.0 Å². The number of aromatic nitrogens is 4. The Morgan fingerprint density at radius 1 is 1.30 bits per heavy atom. The minimum atomic E-state index is -3.63. The molecule has 1 fully saturated rings. The molecule has 0 bridgehead atoms. The number of aromatic amines is 1. The summed E-state index contributed by atoms with van der Waals surface area (Å²) in [5.74, 6) is -0.402. The van der Waals surface area contributed by atoms with Crippen molar-refractivity contribution in [3.05, 3.63) is 67.3 Å². The fourth-order valence-electron chi connectivity index (χ4n) is 3.45. The maximum atomic E-state index is 13.3. The van der Waals surface area contributed by atoms with E-state index in [9.17, 15) is 18.0 Å². The van der Waals surface area contributed by atoms with E-state index in [1.165, 1.54) is 33.9 Å². The van der Waals surface area contributed by atoms with E-state index < -0.39 is 21.2 Å². The fourth-order valence-corrected chi connectivity index (χ4v) is 4.90.